The molecule has 2 N–H and O–H groups in total. The fraction of sp³-hybridized carbons (Fsp3) is 0.290. The molecule has 230 valence electrons. The van der Waals surface area contributed by atoms with Crippen LogP contribution in [0, 0.1) is 41.4 Å². The number of aryl methyl sites for hydroxylation is 2. The van der Waals surface area contributed by atoms with Crippen LogP contribution < -0.4 is 10.9 Å². The highest BCUT2D eigenvalue weighted by molar-refractivity contribution is 6.00. The van der Waals surface area contributed by atoms with Gasteiger partial charge in [-0.1, -0.05) is 6.07 Å². The monoisotopic (exact) mass is 615 g/mol. The molecule has 8 nitrogen and oxygen atoms in total. The van der Waals surface area contributed by atoms with Gasteiger partial charge in [0.2, 0.25) is 5.82 Å². The van der Waals surface area contributed by atoms with Gasteiger partial charge in [-0.2, -0.15) is 0 Å². The fourth-order valence-electron chi connectivity index (χ4n) is 5.21. The van der Waals surface area contributed by atoms with Crippen LogP contribution in [0.2, 0.25) is 0 Å². The second-order valence-corrected chi connectivity index (χ2v) is 11.5. The van der Waals surface area contributed by atoms with Crippen molar-refractivity contribution >= 4 is 28.5 Å². The number of hydrogen-bond donors (Lipinski definition) is 2. The molecule has 4 aromatic rings. The second-order valence-electron chi connectivity index (χ2n) is 11.5. The van der Waals surface area contributed by atoms with E-state index in [1.54, 1.807) is 39.8 Å². The highest BCUT2D eigenvalue weighted by atomic mass is 19.2. The van der Waals surface area contributed by atoms with Crippen LogP contribution in [-0.2, 0) is 22.7 Å². The van der Waals surface area contributed by atoms with Gasteiger partial charge in [0, 0.05) is 11.3 Å². The van der Waals surface area contributed by atoms with Gasteiger partial charge in [0.1, 0.15) is 5.82 Å². The van der Waals surface area contributed by atoms with Gasteiger partial charge in [-0.3, -0.25) is 14.2 Å². The van der Waals surface area contributed by atoms with Gasteiger partial charge in [0.15, 0.2) is 30.0 Å². The molecule has 0 bridgehead atoms. The van der Waals surface area contributed by atoms with Crippen molar-refractivity contribution in [3.63, 3.8) is 0 Å². The number of nitrogens with zero attached hydrogens (tertiary/aromatic N) is 2. The lowest BCUT2D eigenvalue weighted by Gasteiger charge is -2.21. The molecule has 1 unspecified atom stereocenters. The van der Waals surface area contributed by atoms with Crippen LogP contribution in [0.3, 0.4) is 0 Å². The van der Waals surface area contributed by atoms with Crippen molar-refractivity contribution in [3.8, 4) is 11.1 Å². The quantitative estimate of drug-likeness (QED) is 0.112. The minimum atomic E-state index is -2.37. The largest absolute Gasteiger partial charge is 0.478 e. The fourth-order valence-corrected chi connectivity index (χ4v) is 5.21. The summed E-state index contributed by atoms with van der Waals surface area (Å²) in [5.41, 5.74) is -2.52. The molecule has 44 heavy (non-hydrogen) atoms. The summed E-state index contributed by atoms with van der Waals surface area (Å²) < 4.78 is 78.5. The summed E-state index contributed by atoms with van der Waals surface area (Å²) in [6, 6.07) is 6.16. The predicted octanol–water partition coefficient (Wildman–Crippen LogP) is 6.41. The van der Waals surface area contributed by atoms with Crippen molar-refractivity contribution in [2.45, 2.75) is 53.3 Å². The Kier molecular flexibility index (Phi) is 7.68. The van der Waals surface area contributed by atoms with Crippen LogP contribution in [0.25, 0.3) is 22.0 Å². The maximum Gasteiger partial charge on any atom is 0.336 e. The van der Waals surface area contributed by atoms with Crippen molar-refractivity contribution in [3.05, 3.63) is 92.3 Å². The van der Waals surface area contributed by atoms with E-state index in [1.807, 2.05) is 0 Å². The predicted molar refractivity (Wildman–Crippen MR) is 150 cm³/mol. The highest BCUT2D eigenvalue weighted by Gasteiger charge is 2.32. The Labute approximate surface area is 247 Å². The average molecular weight is 616 g/mol. The number of ether oxygens (including phenoxy) is 1. The normalized spacial score (nSPS) is 14.5. The van der Waals surface area contributed by atoms with E-state index in [1.165, 1.54) is 16.7 Å². The number of rotatable bonds is 6. The van der Waals surface area contributed by atoms with E-state index < -0.39 is 74.7 Å². The first-order chi connectivity index (χ1) is 20.6. The zero-order valence-electron chi connectivity index (χ0n) is 23.9. The molecule has 0 spiro atoms. The number of carboxylic acid groups (broad SMARTS) is 1. The third-order valence-electron chi connectivity index (χ3n) is 7.51. The van der Waals surface area contributed by atoms with Crippen molar-refractivity contribution in [2.24, 2.45) is 5.41 Å². The lowest BCUT2D eigenvalue weighted by Crippen LogP contribution is -2.30. The second kappa shape index (κ2) is 11.0. The number of fused-ring (bicyclic) bond motifs is 2. The van der Waals surface area contributed by atoms with E-state index in [-0.39, 0.29) is 17.8 Å². The first-order valence-electron chi connectivity index (χ1n) is 13.5. The molecule has 1 aliphatic rings. The topological polar surface area (TPSA) is 111 Å². The molecule has 1 aromatic heterocycles. The van der Waals surface area contributed by atoms with Gasteiger partial charge in [0.25, 0.3) is 5.56 Å². The number of anilines is 1. The van der Waals surface area contributed by atoms with Crippen LogP contribution in [0.15, 0.2) is 35.1 Å². The van der Waals surface area contributed by atoms with Crippen LogP contribution in [0.5, 0.6) is 0 Å². The van der Waals surface area contributed by atoms with Crippen molar-refractivity contribution < 1.29 is 41.4 Å². The summed E-state index contributed by atoms with van der Waals surface area (Å²) >= 11 is 0. The van der Waals surface area contributed by atoms with Crippen LogP contribution in [0.4, 0.5) is 27.6 Å². The van der Waals surface area contributed by atoms with Gasteiger partial charge in [-0.15, -0.1) is 0 Å². The summed E-state index contributed by atoms with van der Waals surface area (Å²) in [5, 5.41) is 12.9. The molecule has 1 atom stereocenters. The molecule has 5 rings (SSSR count). The lowest BCUT2D eigenvalue weighted by molar-refractivity contribution is -0.157. The Morgan fingerprint density at radius 3 is 2.27 bits per heavy atom. The van der Waals surface area contributed by atoms with Crippen molar-refractivity contribution in [1.29, 1.82) is 0 Å². The summed E-state index contributed by atoms with van der Waals surface area (Å²) in [6.07, 6.45) is 0.863. The Morgan fingerprint density at radius 1 is 1.02 bits per heavy atom. The van der Waals surface area contributed by atoms with Gasteiger partial charge < -0.3 is 15.2 Å². The first-order valence-corrected chi connectivity index (χ1v) is 13.5. The molecule has 3 aromatic carbocycles. The van der Waals surface area contributed by atoms with E-state index in [0.29, 0.717) is 29.7 Å². The molecular weight excluding hydrogens is 589 g/mol. The zero-order chi connectivity index (χ0) is 32.2. The van der Waals surface area contributed by atoms with E-state index >= 15 is 0 Å². The standard InChI is InChI=1S/C31H26F5N3O5/c1-13-37-20-10-14-8-9-18(16(14)11-17(20)28(40)39(13)12-44-30(43)31(2,3)4)38-19-7-5-6-15(29(41)42)21(19)22-23(32)25(34)27(36)26(35)24(22)33/h5-7,10-11,18,38H,8-9,12H2,1-4H3,(H,41,42). The number of halogens is 5. The molecule has 0 fully saturated rings. The van der Waals surface area contributed by atoms with Gasteiger partial charge in [0.05, 0.1) is 33.5 Å². The highest BCUT2D eigenvalue weighted by Crippen LogP contribution is 2.42. The Bertz CT molecular complexity index is 1900. The number of carbonyl (C=O) groups is 2. The number of aromatic carboxylic acids is 1. The molecule has 0 amide bonds. The van der Waals surface area contributed by atoms with Crippen LogP contribution >= 0.6 is 0 Å². The van der Waals surface area contributed by atoms with Gasteiger partial charge in [-0.05, 0) is 75.9 Å². The minimum Gasteiger partial charge on any atom is -0.478 e. The minimum absolute atomic E-state index is 0.189. The van der Waals surface area contributed by atoms with Crippen LogP contribution in [-0.4, -0.2) is 26.6 Å². The number of nitrogens with one attached hydrogen (secondary N) is 1. The summed E-state index contributed by atoms with van der Waals surface area (Å²) in [6.45, 7) is 6.24. The molecule has 13 heteroatoms. The van der Waals surface area contributed by atoms with Crippen molar-refractivity contribution in [2.75, 3.05) is 5.32 Å². The Morgan fingerprint density at radius 2 is 1.66 bits per heavy atom. The summed E-state index contributed by atoms with van der Waals surface area (Å²) in [4.78, 5) is 42.3. The zero-order valence-corrected chi connectivity index (χ0v) is 23.9. The van der Waals surface area contributed by atoms with Crippen LogP contribution in [0.1, 0.15) is 60.5 Å². The third kappa shape index (κ3) is 5.16. The van der Waals surface area contributed by atoms with E-state index in [4.69, 9.17) is 4.74 Å². The maximum absolute atomic E-state index is 14.9. The number of carbonyl (C=O) groups excluding carboxylic acids is 1. The Hall–Kier alpha value is -4.81. The molecule has 1 aliphatic carbocycles. The lowest BCUT2D eigenvalue weighted by atomic mass is 9.95. The molecule has 0 aliphatic heterocycles. The van der Waals surface area contributed by atoms with Gasteiger partial charge in [-0.25, -0.2) is 31.7 Å². The molecule has 1 heterocycles. The van der Waals surface area contributed by atoms with Crippen molar-refractivity contribution in [1.82, 2.24) is 9.55 Å². The Balaban J connectivity index is 1.60. The number of esters is 1. The first kappa shape index (κ1) is 30.6. The smallest absolute Gasteiger partial charge is 0.336 e. The molecule has 0 saturated carbocycles. The number of hydrogen-bond acceptors (Lipinski definition) is 6. The van der Waals surface area contributed by atoms with Gasteiger partial charge >= 0.3 is 11.9 Å². The number of benzene rings is 3. The maximum atomic E-state index is 14.9. The summed E-state index contributed by atoms with van der Waals surface area (Å²) in [5.74, 6) is -13.0. The molecule has 0 saturated heterocycles. The van der Waals surface area contributed by atoms with E-state index in [2.05, 4.69) is 10.3 Å². The number of aromatic nitrogens is 2. The molecular formula is C31H26F5N3O5. The molecule has 0 radical (unpaired) electrons. The van der Waals surface area contributed by atoms with E-state index in [9.17, 15) is 41.4 Å². The average Bonchev–Trinajstić information content (AvgIpc) is 3.35. The van der Waals surface area contributed by atoms with E-state index in [0.717, 1.165) is 11.6 Å². The number of carboxylic acids is 1. The third-order valence-corrected chi connectivity index (χ3v) is 7.51. The SMILES string of the molecule is Cc1nc2cc3c(cc2c(=O)n1COC(=O)C(C)(C)C)C(Nc1cccc(C(=O)O)c1-c1c(F)c(F)c(F)c(F)c1F)CC3. The summed E-state index contributed by atoms with van der Waals surface area (Å²) in [7, 11) is 0.